The van der Waals surface area contributed by atoms with Crippen LogP contribution in [0.15, 0.2) is 72.8 Å². The molecule has 4 heteroatoms. The van der Waals surface area contributed by atoms with Gasteiger partial charge in [0.1, 0.15) is 23.1 Å². The van der Waals surface area contributed by atoms with Crippen LogP contribution in [0, 0.1) is 11.7 Å². The molecule has 134 valence electrons. The molecule has 0 aliphatic carbocycles. The molecule has 0 fully saturated rings. The van der Waals surface area contributed by atoms with Gasteiger partial charge >= 0.3 is 0 Å². The Morgan fingerprint density at radius 2 is 1.56 bits per heavy atom. The number of carbonyl (C=O) groups excluding carboxylic acids is 2. The van der Waals surface area contributed by atoms with Crippen molar-refractivity contribution in [1.29, 1.82) is 0 Å². The highest BCUT2D eigenvalue weighted by Crippen LogP contribution is 2.48. The van der Waals surface area contributed by atoms with Crippen molar-refractivity contribution in [2.45, 2.75) is 12.8 Å². The Bertz CT molecular complexity index is 1030. The van der Waals surface area contributed by atoms with Crippen LogP contribution >= 0.6 is 0 Å². The summed E-state index contributed by atoms with van der Waals surface area (Å²) in [7, 11) is 0. The molecule has 3 nitrogen and oxygen atoms in total. The van der Waals surface area contributed by atoms with Crippen molar-refractivity contribution >= 4 is 11.6 Å². The summed E-state index contributed by atoms with van der Waals surface area (Å²) in [6, 6.07) is 20.2. The highest BCUT2D eigenvalue weighted by molar-refractivity contribution is 6.11. The highest BCUT2D eigenvalue weighted by atomic mass is 19.1. The molecule has 1 aliphatic rings. The molecule has 0 saturated carbocycles. The lowest BCUT2D eigenvalue weighted by Crippen LogP contribution is -2.31. The number of ether oxygens (including phenoxy) is 1. The fraction of sp³-hybridized carbons (Fsp3) is 0.130. The molecule has 0 spiro atoms. The lowest BCUT2D eigenvalue weighted by atomic mass is 9.74. The Kier molecular flexibility index (Phi) is 4.32. The van der Waals surface area contributed by atoms with E-state index in [4.69, 9.17) is 4.74 Å². The van der Waals surface area contributed by atoms with Gasteiger partial charge in [0.25, 0.3) is 0 Å². The number of carbonyl (C=O) groups is 2. The Morgan fingerprint density at radius 3 is 2.30 bits per heavy atom. The molecule has 0 aromatic heterocycles. The van der Waals surface area contributed by atoms with E-state index in [-0.39, 0.29) is 11.6 Å². The van der Waals surface area contributed by atoms with E-state index < -0.39 is 17.7 Å². The van der Waals surface area contributed by atoms with E-state index in [9.17, 15) is 14.0 Å². The summed E-state index contributed by atoms with van der Waals surface area (Å²) >= 11 is 0. The van der Waals surface area contributed by atoms with Crippen molar-refractivity contribution in [2.75, 3.05) is 0 Å². The van der Waals surface area contributed by atoms with Gasteiger partial charge in [0.15, 0.2) is 5.78 Å². The predicted octanol–water partition coefficient (Wildman–Crippen LogP) is 5.15. The number of Topliss-reactive ketones (excluding diaryl/α,β-unsaturated/α-hetero) is 2. The maximum atomic E-state index is 14.0. The smallest absolute Gasteiger partial charge is 0.174 e. The standard InChI is InChI=1S/C23H17FO3/c1-14(25)21(23(26)15-7-3-2-4-8-15)22-17-9-5-6-10-19(17)27-20-12-11-16(24)13-18(20)22/h2-13,21-22H,1H3/t21-,22-/m0/s1. The molecule has 27 heavy (non-hydrogen) atoms. The molecule has 0 radical (unpaired) electrons. The number of ketones is 2. The zero-order chi connectivity index (χ0) is 19.0. The van der Waals surface area contributed by atoms with Crippen LogP contribution in [0.1, 0.15) is 34.3 Å². The number of hydrogen-bond donors (Lipinski definition) is 0. The van der Waals surface area contributed by atoms with Crippen LogP contribution in [0.4, 0.5) is 4.39 Å². The van der Waals surface area contributed by atoms with Gasteiger partial charge in [-0.2, -0.15) is 0 Å². The van der Waals surface area contributed by atoms with Crippen molar-refractivity contribution in [3.05, 3.63) is 95.3 Å². The Balaban J connectivity index is 1.91. The quantitative estimate of drug-likeness (QED) is 0.477. The molecule has 3 aromatic rings. The molecule has 4 rings (SSSR count). The zero-order valence-electron chi connectivity index (χ0n) is 14.7. The summed E-state index contributed by atoms with van der Waals surface area (Å²) in [6.45, 7) is 1.41. The van der Waals surface area contributed by atoms with Crippen LogP contribution in [-0.4, -0.2) is 11.6 Å². The summed E-state index contributed by atoms with van der Waals surface area (Å²) < 4.78 is 19.9. The maximum absolute atomic E-state index is 14.0. The molecule has 2 atom stereocenters. The molecule has 0 unspecified atom stereocenters. The SMILES string of the molecule is CC(=O)[C@H](C(=O)c1ccccc1)[C@H]1c2ccccc2Oc2ccc(F)cc21. The molecule has 0 amide bonds. The number of halogens is 1. The first-order valence-electron chi connectivity index (χ1n) is 8.72. The number of fused-ring (bicyclic) bond motifs is 2. The van der Waals surface area contributed by atoms with Crippen molar-refractivity contribution in [2.24, 2.45) is 5.92 Å². The second-order valence-corrected chi connectivity index (χ2v) is 6.62. The second-order valence-electron chi connectivity index (χ2n) is 6.62. The minimum Gasteiger partial charge on any atom is -0.457 e. The predicted molar refractivity (Wildman–Crippen MR) is 99.7 cm³/mol. The zero-order valence-corrected chi connectivity index (χ0v) is 14.7. The van der Waals surface area contributed by atoms with Gasteiger partial charge in [-0.1, -0.05) is 48.5 Å². The van der Waals surface area contributed by atoms with Crippen LogP contribution in [0.2, 0.25) is 0 Å². The van der Waals surface area contributed by atoms with Crippen LogP contribution in [0.25, 0.3) is 0 Å². The molecule has 3 aromatic carbocycles. The first-order chi connectivity index (χ1) is 13.1. The third-order valence-electron chi connectivity index (χ3n) is 4.89. The fourth-order valence-electron chi connectivity index (χ4n) is 3.68. The third kappa shape index (κ3) is 3.04. The molecular formula is C23H17FO3. The van der Waals surface area contributed by atoms with E-state index in [1.807, 2.05) is 24.3 Å². The molecule has 0 bridgehead atoms. The Hall–Kier alpha value is -3.27. The van der Waals surface area contributed by atoms with Crippen LogP contribution in [-0.2, 0) is 4.79 Å². The lowest BCUT2D eigenvalue weighted by molar-refractivity contribution is -0.119. The molecule has 0 N–H and O–H groups in total. The lowest BCUT2D eigenvalue weighted by Gasteiger charge is -2.32. The average Bonchev–Trinajstić information content (AvgIpc) is 2.68. The maximum Gasteiger partial charge on any atom is 0.174 e. The fourth-order valence-corrected chi connectivity index (χ4v) is 3.68. The first kappa shape index (κ1) is 17.2. The second kappa shape index (κ2) is 6.80. The van der Waals surface area contributed by atoms with Crippen LogP contribution in [0.3, 0.4) is 0 Å². The summed E-state index contributed by atoms with van der Waals surface area (Å²) in [6.07, 6.45) is 0. The van der Waals surface area contributed by atoms with Gasteiger partial charge in [-0.05, 0) is 31.2 Å². The summed E-state index contributed by atoms with van der Waals surface area (Å²) in [5, 5.41) is 0. The third-order valence-corrected chi connectivity index (χ3v) is 4.89. The van der Waals surface area contributed by atoms with Crippen molar-refractivity contribution < 1.29 is 18.7 Å². The van der Waals surface area contributed by atoms with Gasteiger partial charge in [-0.15, -0.1) is 0 Å². The van der Waals surface area contributed by atoms with Crippen molar-refractivity contribution in [1.82, 2.24) is 0 Å². The van der Waals surface area contributed by atoms with E-state index in [1.165, 1.54) is 25.1 Å². The molecule has 1 aliphatic heterocycles. The number of rotatable bonds is 4. The largest absolute Gasteiger partial charge is 0.457 e. The van der Waals surface area contributed by atoms with Crippen LogP contribution < -0.4 is 4.74 Å². The van der Waals surface area contributed by atoms with E-state index >= 15 is 0 Å². The van der Waals surface area contributed by atoms with E-state index in [0.29, 0.717) is 28.2 Å². The average molecular weight is 360 g/mol. The monoisotopic (exact) mass is 360 g/mol. The van der Waals surface area contributed by atoms with Gasteiger partial charge in [0.2, 0.25) is 0 Å². The van der Waals surface area contributed by atoms with Gasteiger partial charge in [0.05, 0.1) is 5.92 Å². The molecule has 1 heterocycles. The van der Waals surface area contributed by atoms with Gasteiger partial charge in [-0.25, -0.2) is 4.39 Å². The van der Waals surface area contributed by atoms with Gasteiger partial charge < -0.3 is 4.74 Å². The molecular weight excluding hydrogens is 343 g/mol. The number of hydrogen-bond acceptors (Lipinski definition) is 3. The summed E-state index contributed by atoms with van der Waals surface area (Å²) in [5.41, 5.74) is 1.68. The van der Waals surface area contributed by atoms with Crippen LogP contribution in [0.5, 0.6) is 11.5 Å². The highest BCUT2D eigenvalue weighted by Gasteiger charge is 2.40. The summed E-state index contributed by atoms with van der Waals surface area (Å²) in [5.74, 6) is -1.50. The normalized spacial score (nSPS) is 15.9. The Labute approximate surface area is 156 Å². The number of benzene rings is 3. The molecule has 0 saturated heterocycles. The van der Waals surface area contributed by atoms with Gasteiger partial charge in [-0.3, -0.25) is 9.59 Å². The van der Waals surface area contributed by atoms with E-state index in [1.54, 1.807) is 30.3 Å². The van der Waals surface area contributed by atoms with Crippen molar-refractivity contribution in [3.8, 4) is 11.5 Å². The van der Waals surface area contributed by atoms with Crippen molar-refractivity contribution in [3.63, 3.8) is 0 Å². The topological polar surface area (TPSA) is 43.4 Å². The summed E-state index contributed by atoms with van der Waals surface area (Å²) in [4.78, 5) is 25.8. The number of para-hydroxylation sites is 1. The van der Waals surface area contributed by atoms with E-state index in [2.05, 4.69) is 0 Å². The van der Waals surface area contributed by atoms with E-state index in [0.717, 1.165) is 0 Å². The Morgan fingerprint density at radius 1 is 0.889 bits per heavy atom. The minimum absolute atomic E-state index is 0.263. The van der Waals surface area contributed by atoms with Gasteiger partial charge in [0, 0.05) is 22.6 Å². The first-order valence-corrected chi connectivity index (χ1v) is 8.72. The minimum atomic E-state index is -0.960.